The number of carbonyl (C=O) groups is 1. The van der Waals surface area contributed by atoms with Gasteiger partial charge in [-0.05, 0) is 72.8 Å². The zero-order chi connectivity index (χ0) is 22.8. The van der Waals surface area contributed by atoms with Crippen molar-refractivity contribution in [3.8, 4) is 11.4 Å². The lowest BCUT2D eigenvalue weighted by molar-refractivity contribution is 0.0775. The van der Waals surface area contributed by atoms with Crippen LogP contribution in [0.3, 0.4) is 0 Å². The first-order valence-electron chi connectivity index (χ1n) is 10.9. The summed E-state index contributed by atoms with van der Waals surface area (Å²) in [5, 5.41) is 17.5. The quantitative estimate of drug-likeness (QED) is 0.474. The maximum atomic E-state index is 13.2. The van der Waals surface area contributed by atoms with Crippen LogP contribution in [0.1, 0.15) is 35.3 Å². The molecule has 4 rings (SSSR count). The minimum Gasteiger partial charge on any atom is -0.355 e. The number of aromatic nitrogens is 4. The molecule has 0 saturated heterocycles. The Kier molecular flexibility index (Phi) is 5.90. The molecular formula is C25H28N6O. The van der Waals surface area contributed by atoms with Crippen LogP contribution >= 0.6 is 0 Å². The molecule has 1 heterocycles. The van der Waals surface area contributed by atoms with Crippen LogP contribution in [-0.4, -0.2) is 44.1 Å². The third-order valence-corrected chi connectivity index (χ3v) is 5.99. The van der Waals surface area contributed by atoms with E-state index in [4.69, 9.17) is 0 Å². The van der Waals surface area contributed by atoms with E-state index in [-0.39, 0.29) is 5.91 Å². The summed E-state index contributed by atoms with van der Waals surface area (Å²) in [6.07, 6.45) is 0. The molecule has 0 aliphatic rings. The monoisotopic (exact) mass is 428 g/mol. The molecule has 4 aromatic rings. The van der Waals surface area contributed by atoms with E-state index in [2.05, 4.69) is 46.8 Å². The third-order valence-electron chi connectivity index (χ3n) is 5.99. The van der Waals surface area contributed by atoms with Crippen LogP contribution in [-0.2, 0) is 7.05 Å². The Morgan fingerprint density at radius 2 is 1.75 bits per heavy atom. The Bertz CT molecular complexity index is 1290. The van der Waals surface area contributed by atoms with E-state index in [1.54, 1.807) is 4.68 Å². The molecule has 0 spiro atoms. The highest BCUT2D eigenvalue weighted by Gasteiger charge is 2.19. The highest BCUT2D eigenvalue weighted by atomic mass is 16.2. The lowest BCUT2D eigenvalue weighted by Crippen LogP contribution is -2.30. The minimum absolute atomic E-state index is 0.0637. The number of nitrogens with one attached hydrogen (secondary N) is 1. The molecule has 0 fully saturated rings. The fourth-order valence-electron chi connectivity index (χ4n) is 4.17. The molecule has 1 N–H and O–H groups in total. The predicted molar refractivity (Wildman–Crippen MR) is 128 cm³/mol. The summed E-state index contributed by atoms with van der Waals surface area (Å²) in [6.45, 7) is 9.50. The Balaban J connectivity index is 1.81. The second kappa shape index (κ2) is 8.78. The van der Waals surface area contributed by atoms with Crippen molar-refractivity contribution in [3.63, 3.8) is 0 Å². The molecule has 0 aliphatic heterocycles. The molecule has 7 nitrogen and oxygen atoms in total. The Labute approximate surface area is 188 Å². The number of anilines is 2. The van der Waals surface area contributed by atoms with E-state index in [1.165, 1.54) is 0 Å². The Morgan fingerprint density at radius 1 is 1.00 bits per heavy atom. The fourth-order valence-corrected chi connectivity index (χ4v) is 4.17. The third kappa shape index (κ3) is 3.70. The summed E-state index contributed by atoms with van der Waals surface area (Å²) in [5.74, 6) is 0.779. The second-order valence-corrected chi connectivity index (χ2v) is 7.86. The SMILES string of the molecule is CCN(CC)C(=O)c1ccc(Nc2cccc(-c3nnnn3C)c2C)c2cccc(C)c12. The highest BCUT2D eigenvalue weighted by molar-refractivity contribution is 6.12. The molecule has 1 amide bonds. The van der Waals surface area contributed by atoms with Crippen molar-refractivity contribution < 1.29 is 4.79 Å². The summed E-state index contributed by atoms with van der Waals surface area (Å²) in [6, 6.07) is 16.1. The number of tetrazole rings is 1. The number of fused-ring (bicyclic) bond motifs is 1. The van der Waals surface area contributed by atoms with Gasteiger partial charge in [0.2, 0.25) is 0 Å². The molecule has 0 atom stereocenters. The van der Waals surface area contributed by atoms with Gasteiger partial charge in [-0.1, -0.05) is 30.3 Å². The number of nitrogens with zero attached hydrogens (tertiary/aromatic N) is 5. The fraction of sp³-hybridized carbons (Fsp3) is 0.280. The topological polar surface area (TPSA) is 75.9 Å². The first-order valence-corrected chi connectivity index (χ1v) is 10.9. The molecule has 0 radical (unpaired) electrons. The molecule has 0 aliphatic carbocycles. The summed E-state index contributed by atoms with van der Waals surface area (Å²) < 4.78 is 1.67. The van der Waals surface area contributed by atoms with Gasteiger partial charge in [-0.15, -0.1) is 5.10 Å². The zero-order valence-electron chi connectivity index (χ0n) is 19.2. The molecule has 164 valence electrons. The van der Waals surface area contributed by atoms with Crippen molar-refractivity contribution >= 4 is 28.1 Å². The highest BCUT2D eigenvalue weighted by Crippen LogP contribution is 2.34. The number of carbonyl (C=O) groups excluding carboxylic acids is 1. The lowest BCUT2D eigenvalue weighted by atomic mass is 9.97. The van der Waals surface area contributed by atoms with Gasteiger partial charge in [0.05, 0.1) is 0 Å². The van der Waals surface area contributed by atoms with Crippen molar-refractivity contribution in [1.29, 1.82) is 0 Å². The normalized spacial score (nSPS) is 11.0. The molecule has 1 aromatic heterocycles. The van der Waals surface area contributed by atoms with Gasteiger partial charge in [-0.25, -0.2) is 4.68 Å². The molecule has 0 bridgehead atoms. The number of aryl methyl sites for hydroxylation is 2. The smallest absolute Gasteiger partial charge is 0.254 e. The molecule has 32 heavy (non-hydrogen) atoms. The number of hydrogen-bond acceptors (Lipinski definition) is 5. The summed E-state index contributed by atoms with van der Waals surface area (Å²) in [4.78, 5) is 15.0. The van der Waals surface area contributed by atoms with Crippen LogP contribution in [0.15, 0.2) is 48.5 Å². The summed E-state index contributed by atoms with van der Waals surface area (Å²) in [5.41, 5.74) is 5.76. The van der Waals surface area contributed by atoms with Crippen LogP contribution in [0.2, 0.25) is 0 Å². The van der Waals surface area contributed by atoms with Crippen molar-refractivity contribution in [2.24, 2.45) is 7.05 Å². The number of amides is 1. The molecule has 0 unspecified atom stereocenters. The number of rotatable bonds is 6. The van der Waals surface area contributed by atoms with Gasteiger partial charge in [-0.2, -0.15) is 0 Å². The van der Waals surface area contributed by atoms with Crippen molar-refractivity contribution in [2.45, 2.75) is 27.7 Å². The van der Waals surface area contributed by atoms with Crippen molar-refractivity contribution in [2.75, 3.05) is 18.4 Å². The molecule has 3 aromatic carbocycles. The molecule has 7 heteroatoms. The van der Waals surface area contributed by atoms with Gasteiger partial charge in [0, 0.05) is 48.0 Å². The molecule has 0 saturated carbocycles. The maximum absolute atomic E-state index is 13.2. The van der Waals surface area contributed by atoms with Crippen LogP contribution in [0, 0.1) is 13.8 Å². The number of benzene rings is 3. The second-order valence-electron chi connectivity index (χ2n) is 7.86. The summed E-state index contributed by atoms with van der Waals surface area (Å²) >= 11 is 0. The van der Waals surface area contributed by atoms with Gasteiger partial charge in [-0.3, -0.25) is 4.79 Å². The van der Waals surface area contributed by atoms with Crippen molar-refractivity contribution in [1.82, 2.24) is 25.1 Å². The lowest BCUT2D eigenvalue weighted by Gasteiger charge is -2.21. The number of hydrogen-bond donors (Lipinski definition) is 1. The van der Waals surface area contributed by atoms with E-state index < -0.39 is 0 Å². The van der Waals surface area contributed by atoms with E-state index in [0.717, 1.165) is 44.4 Å². The Hall–Kier alpha value is -3.74. The first-order chi connectivity index (χ1) is 15.5. The summed E-state index contributed by atoms with van der Waals surface area (Å²) in [7, 11) is 1.83. The van der Waals surface area contributed by atoms with Crippen LogP contribution in [0.25, 0.3) is 22.2 Å². The average Bonchev–Trinajstić information content (AvgIpc) is 3.22. The van der Waals surface area contributed by atoms with Crippen LogP contribution < -0.4 is 5.32 Å². The van der Waals surface area contributed by atoms with Gasteiger partial charge in [0.15, 0.2) is 5.82 Å². The standard InChI is InChI=1S/C25H28N6O/c1-6-31(7-2)25(32)20-14-15-22(19-12-8-10-16(3)23(19)20)26-21-13-9-11-18(17(21)4)24-27-28-29-30(24)5/h8-15,26H,6-7H2,1-5H3. The van der Waals surface area contributed by atoms with Gasteiger partial charge in [0.1, 0.15) is 0 Å². The van der Waals surface area contributed by atoms with E-state index in [1.807, 2.05) is 62.2 Å². The van der Waals surface area contributed by atoms with E-state index in [0.29, 0.717) is 18.9 Å². The van der Waals surface area contributed by atoms with E-state index >= 15 is 0 Å². The zero-order valence-corrected chi connectivity index (χ0v) is 19.2. The van der Waals surface area contributed by atoms with Gasteiger partial charge >= 0.3 is 0 Å². The van der Waals surface area contributed by atoms with Crippen LogP contribution in [0.5, 0.6) is 0 Å². The van der Waals surface area contributed by atoms with Gasteiger partial charge < -0.3 is 10.2 Å². The van der Waals surface area contributed by atoms with Crippen molar-refractivity contribution in [3.05, 3.63) is 65.2 Å². The first kappa shape index (κ1) is 21.5. The van der Waals surface area contributed by atoms with Crippen LogP contribution in [0.4, 0.5) is 11.4 Å². The largest absolute Gasteiger partial charge is 0.355 e. The van der Waals surface area contributed by atoms with Gasteiger partial charge in [0.25, 0.3) is 5.91 Å². The van der Waals surface area contributed by atoms with E-state index in [9.17, 15) is 4.79 Å². The Morgan fingerprint density at radius 3 is 2.44 bits per heavy atom. The average molecular weight is 429 g/mol. The predicted octanol–water partition coefficient (Wildman–Crippen LogP) is 4.87. The molecular weight excluding hydrogens is 400 g/mol. The minimum atomic E-state index is 0.0637. The maximum Gasteiger partial charge on any atom is 0.254 e.